The molecule has 2 aromatic rings. The zero-order chi connectivity index (χ0) is 20.0. The minimum Gasteiger partial charge on any atom is -0.475 e. The summed E-state index contributed by atoms with van der Waals surface area (Å²) in [5.74, 6) is 4.64. The minimum atomic E-state index is -2.44. The third kappa shape index (κ3) is 5.30. The second-order valence-electron chi connectivity index (χ2n) is 6.41. The van der Waals surface area contributed by atoms with E-state index in [2.05, 4.69) is 22.3 Å². The van der Waals surface area contributed by atoms with Crippen LogP contribution in [0.25, 0.3) is 0 Å². The molecule has 28 heavy (non-hydrogen) atoms. The van der Waals surface area contributed by atoms with Gasteiger partial charge >= 0.3 is 0 Å². The Kier molecular flexibility index (Phi) is 7.42. The molecular weight excluding hydrogens is 414 g/mol. The smallest absolute Gasteiger partial charge is 0.148 e. The Hall–Kier alpha value is -1.51. The Morgan fingerprint density at radius 1 is 1.21 bits per heavy atom. The normalized spacial score (nSPS) is 17.0. The number of benzene rings is 2. The number of nitrogens with one attached hydrogen (secondary N) is 1. The Morgan fingerprint density at radius 2 is 2.00 bits per heavy atom. The fraction of sp³-hybridized carbons (Fsp3) is 0.300. The first kappa shape index (κ1) is 21.2. The zero-order valence-electron chi connectivity index (χ0n) is 15.6. The first-order valence-corrected chi connectivity index (χ1v) is 11.9. The Balaban J connectivity index is 1.58. The van der Waals surface area contributed by atoms with Crippen LogP contribution in [0.5, 0.6) is 5.75 Å². The zero-order valence-corrected chi connectivity index (χ0v) is 18.0. The fourth-order valence-electron chi connectivity index (χ4n) is 3.00. The van der Waals surface area contributed by atoms with Crippen LogP contribution in [0.2, 0.25) is 5.02 Å². The molecule has 0 saturated carbocycles. The highest BCUT2D eigenvalue weighted by molar-refractivity contribution is 7.98. The lowest BCUT2D eigenvalue weighted by atomic mass is 10.2. The number of aliphatic imine (C=N–C) groups is 1. The van der Waals surface area contributed by atoms with Gasteiger partial charge in [-0.05, 0) is 73.8 Å². The summed E-state index contributed by atoms with van der Waals surface area (Å²) in [5, 5.41) is 0.583. The van der Waals surface area contributed by atoms with Gasteiger partial charge in [-0.1, -0.05) is 24.1 Å². The van der Waals surface area contributed by atoms with Gasteiger partial charge in [-0.2, -0.15) is 0 Å². The molecule has 0 spiro atoms. The average Bonchev–Trinajstić information content (AvgIpc) is 2.73. The van der Waals surface area contributed by atoms with Crippen molar-refractivity contribution in [2.45, 2.75) is 29.1 Å². The van der Waals surface area contributed by atoms with Crippen LogP contribution >= 0.6 is 23.5 Å². The molecule has 1 heterocycles. The van der Waals surface area contributed by atoms with E-state index in [0.29, 0.717) is 16.5 Å². The molecule has 1 aliphatic heterocycles. The van der Waals surface area contributed by atoms with Gasteiger partial charge in [0, 0.05) is 27.9 Å². The summed E-state index contributed by atoms with van der Waals surface area (Å²) in [6, 6.07) is 12.9. The highest BCUT2D eigenvalue weighted by Gasteiger charge is 2.20. The largest absolute Gasteiger partial charge is 0.475 e. The van der Waals surface area contributed by atoms with Gasteiger partial charge in [0.05, 0.1) is 9.71 Å². The third-order valence-corrected chi connectivity index (χ3v) is 7.65. The molecule has 1 fully saturated rings. The number of hydrogen-bond donors (Lipinski definition) is 1. The third-order valence-electron chi connectivity index (χ3n) is 4.47. The Morgan fingerprint density at radius 3 is 2.75 bits per heavy atom. The van der Waals surface area contributed by atoms with Gasteiger partial charge in [0.15, 0.2) is 0 Å². The topological polar surface area (TPSA) is 53.9 Å². The number of ether oxygens (including phenoxy) is 1. The first-order chi connectivity index (χ1) is 13.5. The molecule has 1 N–H and O–H groups in total. The van der Waals surface area contributed by atoms with Gasteiger partial charge in [-0.25, -0.2) is 13.2 Å². The van der Waals surface area contributed by atoms with Crippen molar-refractivity contribution in [3.8, 4) is 5.75 Å². The Bertz CT molecular complexity index is 929. The van der Waals surface area contributed by atoms with Crippen LogP contribution in [0.3, 0.4) is 0 Å². The summed E-state index contributed by atoms with van der Waals surface area (Å²) in [4.78, 5) is 5.63. The quantitative estimate of drug-likeness (QED) is 0.212. The van der Waals surface area contributed by atoms with Crippen LogP contribution in [0.1, 0.15) is 19.3 Å². The minimum absolute atomic E-state index is 0.269. The number of rotatable bonds is 8. The second-order valence-corrected chi connectivity index (χ2v) is 10.1. The average molecular weight is 438 g/mol. The van der Waals surface area contributed by atoms with Gasteiger partial charge in [0.2, 0.25) is 0 Å². The molecule has 1 saturated heterocycles. The summed E-state index contributed by atoms with van der Waals surface area (Å²) in [7, 11) is -2.44. The predicted octanol–water partition coefficient (Wildman–Crippen LogP) is 4.78. The molecule has 2 aromatic carbocycles. The van der Waals surface area contributed by atoms with E-state index in [1.165, 1.54) is 18.4 Å². The van der Waals surface area contributed by atoms with Crippen LogP contribution in [-0.4, -0.2) is 40.9 Å². The molecule has 0 amide bonds. The van der Waals surface area contributed by atoms with E-state index < -0.39 is 9.71 Å². The molecule has 150 valence electrons. The summed E-state index contributed by atoms with van der Waals surface area (Å²) in [5.41, 5.74) is 0.597. The van der Waals surface area contributed by atoms with E-state index in [1.807, 2.05) is 28.6 Å². The van der Waals surface area contributed by atoms with Gasteiger partial charge in [0.25, 0.3) is 0 Å². The second kappa shape index (κ2) is 9.80. The van der Waals surface area contributed by atoms with Crippen molar-refractivity contribution in [2.24, 2.45) is 4.99 Å². The highest BCUT2D eigenvalue weighted by Crippen LogP contribution is 2.30. The summed E-state index contributed by atoms with van der Waals surface area (Å²) in [6.07, 6.45) is 3.35. The molecule has 3 rings (SSSR count). The first-order valence-electron chi connectivity index (χ1n) is 9.02. The van der Waals surface area contributed by atoms with Crippen molar-refractivity contribution in [3.63, 3.8) is 0 Å². The number of nitrogens with zero attached hydrogens (tertiary/aromatic N) is 2. The molecule has 1 unspecified atom stereocenters. The van der Waals surface area contributed by atoms with Crippen molar-refractivity contribution in [1.29, 1.82) is 0 Å². The van der Waals surface area contributed by atoms with Gasteiger partial charge < -0.3 is 4.74 Å². The molecule has 8 heteroatoms. The van der Waals surface area contributed by atoms with E-state index in [-0.39, 0.29) is 6.73 Å². The van der Waals surface area contributed by atoms with Crippen molar-refractivity contribution < 1.29 is 8.95 Å². The number of hydrogen-bond acceptors (Lipinski definition) is 5. The van der Waals surface area contributed by atoms with Crippen molar-refractivity contribution >= 4 is 51.5 Å². The monoisotopic (exact) mass is 437 g/mol. The predicted molar refractivity (Wildman–Crippen MR) is 121 cm³/mol. The van der Waals surface area contributed by atoms with Gasteiger partial charge in [-0.15, -0.1) is 0 Å². The summed E-state index contributed by atoms with van der Waals surface area (Å²) < 4.78 is 24.1. The van der Waals surface area contributed by atoms with Crippen LogP contribution in [0.4, 0.5) is 5.69 Å². The van der Waals surface area contributed by atoms with Crippen LogP contribution in [0.15, 0.2) is 57.2 Å². The molecule has 0 radical (unpaired) electrons. The highest BCUT2D eigenvalue weighted by atomic mass is 35.5. The molecule has 1 atom stereocenters. The molecule has 0 aromatic heterocycles. The van der Waals surface area contributed by atoms with E-state index in [4.69, 9.17) is 16.3 Å². The van der Waals surface area contributed by atoms with E-state index in [9.17, 15) is 4.21 Å². The van der Waals surface area contributed by atoms with Crippen LogP contribution in [0, 0.1) is 0 Å². The van der Waals surface area contributed by atoms with Crippen molar-refractivity contribution in [1.82, 2.24) is 9.03 Å². The van der Waals surface area contributed by atoms with Gasteiger partial charge in [-0.3, -0.25) is 4.99 Å². The SMILES string of the molecule is C=Nc1cc(Cl)ccc1OCNSc1cccc(S(=C)(=O)N2CCCCC2)c1. The standard InChI is InChI=1S/C20H24ClN3O2S2/c1-22-19-13-16(21)9-10-20(19)26-15-23-27-17-7-6-8-18(14-17)28(2,25)24-11-4-3-5-12-24/h6-10,13-14,23H,1-5,11-12,15H2. The summed E-state index contributed by atoms with van der Waals surface area (Å²) >= 11 is 7.36. The number of piperidine rings is 1. The molecule has 0 aliphatic carbocycles. The summed E-state index contributed by atoms with van der Waals surface area (Å²) in [6.45, 7) is 5.48. The molecule has 1 aliphatic rings. The lowest BCUT2D eigenvalue weighted by Crippen LogP contribution is -2.35. The van der Waals surface area contributed by atoms with Crippen LogP contribution < -0.4 is 9.46 Å². The molecule has 0 bridgehead atoms. The molecular formula is C20H24ClN3O2S2. The fourth-order valence-corrected chi connectivity index (χ4v) is 5.61. The lowest BCUT2D eigenvalue weighted by molar-refractivity contribution is 0.317. The van der Waals surface area contributed by atoms with E-state index in [0.717, 1.165) is 35.7 Å². The van der Waals surface area contributed by atoms with Crippen molar-refractivity contribution in [3.05, 3.63) is 47.5 Å². The maximum Gasteiger partial charge on any atom is 0.148 e. The molecule has 5 nitrogen and oxygen atoms in total. The van der Waals surface area contributed by atoms with Gasteiger partial charge in [0.1, 0.15) is 18.2 Å². The lowest BCUT2D eigenvalue weighted by Gasteiger charge is -2.29. The maximum atomic E-state index is 13.2. The number of halogens is 1. The van der Waals surface area contributed by atoms with E-state index in [1.54, 1.807) is 18.2 Å². The van der Waals surface area contributed by atoms with Crippen molar-refractivity contribution in [2.75, 3.05) is 19.8 Å². The maximum absolute atomic E-state index is 13.2. The Labute approximate surface area is 176 Å². The van der Waals surface area contributed by atoms with Crippen LogP contribution in [-0.2, 0) is 9.71 Å². The van der Waals surface area contributed by atoms with E-state index >= 15 is 0 Å².